The predicted octanol–water partition coefficient (Wildman–Crippen LogP) is 2.56. The highest BCUT2D eigenvalue weighted by atomic mass is 32.1. The Balaban J connectivity index is 1.92. The van der Waals surface area contributed by atoms with Crippen LogP contribution in [0.25, 0.3) is 0 Å². The van der Waals surface area contributed by atoms with E-state index in [0.717, 1.165) is 17.5 Å². The number of nitrogens with zero attached hydrogens (tertiary/aromatic N) is 3. The summed E-state index contributed by atoms with van der Waals surface area (Å²) in [5, 5.41) is 4.41. The molecule has 0 spiro atoms. The highest BCUT2D eigenvalue weighted by molar-refractivity contribution is 7.09. The van der Waals surface area contributed by atoms with Crippen molar-refractivity contribution in [3.63, 3.8) is 0 Å². The molecule has 1 fully saturated rings. The molecule has 5 heteroatoms. The first-order chi connectivity index (χ1) is 8.03. The van der Waals surface area contributed by atoms with Gasteiger partial charge in [-0.05, 0) is 33.4 Å². The summed E-state index contributed by atoms with van der Waals surface area (Å²) in [6.07, 6.45) is 3.90. The Labute approximate surface area is 108 Å². The highest BCUT2D eigenvalue weighted by Crippen LogP contribution is 2.36. The van der Waals surface area contributed by atoms with E-state index in [1.54, 1.807) is 0 Å². The van der Waals surface area contributed by atoms with Crippen molar-refractivity contribution in [2.45, 2.75) is 44.6 Å². The Morgan fingerprint density at radius 1 is 1.41 bits per heavy atom. The fourth-order valence-electron chi connectivity index (χ4n) is 2.15. The first-order valence-corrected chi connectivity index (χ1v) is 7.06. The molecule has 0 unspecified atom stereocenters. The van der Waals surface area contributed by atoms with E-state index in [2.05, 4.69) is 47.5 Å². The van der Waals surface area contributed by atoms with Gasteiger partial charge in [0, 0.05) is 29.5 Å². The highest BCUT2D eigenvalue weighted by Gasteiger charge is 2.38. The summed E-state index contributed by atoms with van der Waals surface area (Å²) in [5.74, 6) is 1.36. The minimum atomic E-state index is 0.337. The van der Waals surface area contributed by atoms with Gasteiger partial charge in [0.15, 0.2) is 0 Å². The number of aromatic nitrogens is 2. The van der Waals surface area contributed by atoms with Crippen LogP contribution in [0.5, 0.6) is 0 Å². The van der Waals surface area contributed by atoms with E-state index in [9.17, 15) is 0 Å². The fraction of sp³-hybridized carbons (Fsp3) is 0.833. The van der Waals surface area contributed by atoms with Gasteiger partial charge in [-0.2, -0.15) is 4.37 Å². The summed E-state index contributed by atoms with van der Waals surface area (Å²) in [4.78, 5) is 6.85. The molecule has 0 atom stereocenters. The lowest BCUT2D eigenvalue weighted by Gasteiger charge is -2.47. The summed E-state index contributed by atoms with van der Waals surface area (Å²) in [5.41, 5.74) is 0.337. The maximum Gasteiger partial charge on any atom is 0.202 e. The van der Waals surface area contributed by atoms with Gasteiger partial charge in [-0.1, -0.05) is 13.8 Å². The van der Waals surface area contributed by atoms with Gasteiger partial charge in [0.25, 0.3) is 0 Å². The van der Waals surface area contributed by atoms with Gasteiger partial charge in [-0.15, -0.1) is 0 Å². The van der Waals surface area contributed by atoms with Crippen LogP contribution in [0.4, 0.5) is 5.13 Å². The molecule has 1 aromatic heterocycles. The maximum atomic E-state index is 4.51. The number of likely N-dealkylation sites (N-methyl/N-ethyl adjacent to an activating group) is 1. The largest absolute Gasteiger partial charge is 0.358 e. The number of nitrogens with one attached hydrogen (secondary N) is 1. The maximum absolute atomic E-state index is 4.51. The monoisotopic (exact) mass is 254 g/mol. The molecule has 96 valence electrons. The average Bonchev–Trinajstić information content (AvgIpc) is 2.64. The first-order valence-electron chi connectivity index (χ1n) is 6.28. The van der Waals surface area contributed by atoms with Gasteiger partial charge >= 0.3 is 0 Å². The molecular formula is C12H22N4S. The predicted molar refractivity (Wildman–Crippen MR) is 72.8 cm³/mol. The molecule has 4 nitrogen and oxygen atoms in total. The topological polar surface area (TPSA) is 41.1 Å². The molecule has 0 bridgehead atoms. The summed E-state index contributed by atoms with van der Waals surface area (Å²) in [6.45, 7) is 5.23. The molecule has 0 amide bonds. The number of anilines is 1. The van der Waals surface area contributed by atoms with Crippen molar-refractivity contribution >= 4 is 16.7 Å². The Hall–Kier alpha value is -0.680. The Kier molecular flexibility index (Phi) is 3.68. The summed E-state index contributed by atoms with van der Waals surface area (Å²) >= 11 is 1.47. The summed E-state index contributed by atoms with van der Waals surface area (Å²) in [6, 6.07) is 0. The minimum Gasteiger partial charge on any atom is -0.358 e. The molecule has 1 aliphatic rings. The zero-order valence-electron chi connectivity index (χ0n) is 11.2. The average molecular weight is 254 g/mol. The second-order valence-electron chi connectivity index (χ2n) is 5.44. The van der Waals surface area contributed by atoms with Crippen LogP contribution in [0.2, 0.25) is 0 Å². The van der Waals surface area contributed by atoms with Crippen molar-refractivity contribution in [1.82, 2.24) is 14.3 Å². The van der Waals surface area contributed by atoms with Gasteiger partial charge < -0.3 is 10.2 Å². The van der Waals surface area contributed by atoms with Crippen molar-refractivity contribution in [3.05, 3.63) is 5.82 Å². The van der Waals surface area contributed by atoms with E-state index in [1.165, 1.54) is 30.8 Å². The zero-order chi connectivity index (χ0) is 12.5. The van der Waals surface area contributed by atoms with Crippen molar-refractivity contribution in [1.29, 1.82) is 0 Å². The Morgan fingerprint density at radius 3 is 2.53 bits per heavy atom. The van der Waals surface area contributed by atoms with Crippen molar-refractivity contribution < 1.29 is 0 Å². The molecule has 0 saturated heterocycles. The van der Waals surface area contributed by atoms with E-state index in [-0.39, 0.29) is 0 Å². The quantitative estimate of drug-likeness (QED) is 0.877. The van der Waals surface area contributed by atoms with Crippen LogP contribution in [0.1, 0.15) is 44.9 Å². The molecule has 2 rings (SSSR count). The molecule has 0 aliphatic heterocycles. The Morgan fingerprint density at radius 2 is 2.12 bits per heavy atom. The van der Waals surface area contributed by atoms with E-state index in [1.807, 2.05) is 0 Å². The molecule has 0 aromatic carbocycles. The number of hydrogen-bond donors (Lipinski definition) is 1. The van der Waals surface area contributed by atoms with Crippen LogP contribution in [-0.2, 0) is 0 Å². The van der Waals surface area contributed by atoms with Crippen LogP contribution in [0.3, 0.4) is 0 Å². The van der Waals surface area contributed by atoms with E-state index in [4.69, 9.17) is 0 Å². The van der Waals surface area contributed by atoms with Gasteiger partial charge in [-0.3, -0.25) is 0 Å². The third-order valence-electron chi connectivity index (χ3n) is 3.76. The minimum absolute atomic E-state index is 0.337. The molecule has 1 saturated carbocycles. The van der Waals surface area contributed by atoms with Gasteiger partial charge in [-0.25, -0.2) is 4.98 Å². The van der Waals surface area contributed by atoms with Crippen molar-refractivity contribution in [2.24, 2.45) is 0 Å². The van der Waals surface area contributed by atoms with Crippen LogP contribution in [-0.4, -0.2) is 40.4 Å². The van der Waals surface area contributed by atoms with Crippen molar-refractivity contribution in [3.8, 4) is 0 Å². The zero-order valence-corrected chi connectivity index (χ0v) is 12.0. The second kappa shape index (κ2) is 4.90. The SMILES string of the molecule is CC(C)c1nsc(NCC2(N(C)C)CCC2)n1. The van der Waals surface area contributed by atoms with Crippen LogP contribution < -0.4 is 5.32 Å². The second-order valence-corrected chi connectivity index (χ2v) is 6.19. The summed E-state index contributed by atoms with van der Waals surface area (Å²) in [7, 11) is 4.33. The van der Waals surface area contributed by atoms with Gasteiger partial charge in [0.05, 0.1) is 0 Å². The van der Waals surface area contributed by atoms with Crippen LogP contribution >= 0.6 is 11.5 Å². The normalized spacial score (nSPS) is 18.5. The van der Waals surface area contributed by atoms with Gasteiger partial charge in [0.2, 0.25) is 5.13 Å². The number of rotatable bonds is 5. The summed E-state index contributed by atoms with van der Waals surface area (Å²) < 4.78 is 4.36. The van der Waals surface area contributed by atoms with E-state index >= 15 is 0 Å². The lowest BCUT2D eigenvalue weighted by atomic mass is 9.75. The molecule has 1 aromatic rings. The van der Waals surface area contributed by atoms with E-state index < -0.39 is 0 Å². The molecule has 1 N–H and O–H groups in total. The van der Waals surface area contributed by atoms with Crippen molar-refractivity contribution in [2.75, 3.05) is 26.0 Å². The Bertz CT molecular complexity index is 368. The standard InChI is InChI=1S/C12H22N4S/c1-9(2)10-14-11(17-15-10)13-8-12(16(3)4)6-5-7-12/h9H,5-8H2,1-4H3,(H,13,14,15). The van der Waals surface area contributed by atoms with E-state index in [0.29, 0.717) is 11.5 Å². The fourth-order valence-corrected chi connectivity index (χ4v) is 2.85. The van der Waals surface area contributed by atoms with Crippen LogP contribution in [0.15, 0.2) is 0 Å². The van der Waals surface area contributed by atoms with Gasteiger partial charge in [0.1, 0.15) is 5.82 Å². The smallest absolute Gasteiger partial charge is 0.202 e. The molecule has 0 radical (unpaired) electrons. The molecule has 1 aliphatic carbocycles. The molecule has 1 heterocycles. The number of hydrogen-bond acceptors (Lipinski definition) is 5. The third-order valence-corrected chi connectivity index (χ3v) is 4.45. The molecule has 17 heavy (non-hydrogen) atoms. The lowest BCUT2D eigenvalue weighted by molar-refractivity contribution is 0.0739. The molecular weight excluding hydrogens is 232 g/mol. The lowest BCUT2D eigenvalue weighted by Crippen LogP contribution is -2.54. The van der Waals surface area contributed by atoms with Crippen LogP contribution in [0, 0.1) is 0 Å². The third kappa shape index (κ3) is 2.60. The first kappa shape index (κ1) is 12.8.